The summed E-state index contributed by atoms with van der Waals surface area (Å²) in [6, 6.07) is 3.51. The molecule has 6 nitrogen and oxygen atoms in total. The maximum atomic E-state index is 11.2. The fraction of sp³-hybridized carbons (Fsp3) is 0.455. The summed E-state index contributed by atoms with van der Waals surface area (Å²) in [5, 5.41) is 9.00. The van der Waals surface area contributed by atoms with Gasteiger partial charge in [-0.2, -0.15) is 0 Å². The molecular weight excluding hydrogens is 220 g/mol. The lowest BCUT2D eigenvalue weighted by Gasteiger charge is -2.22. The van der Waals surface area contributed by atoms with Crippen LogP contribution in [0.25, 0.3) is 0 Å². The van der Waals surface area contributed by atoms with Crippen LogP contribution < -0.4 is 11.3 Å². The van der Waals surface area contributed by atoms with Crippen LogP contribution in [0.4, 0.5) is 0 Å². The monoisotopic (exact) mass is 238 g/mol. The van der Waals surface area contributed by atoms with Crippen LogP contribution in [0.3, 0.4) is 0 Å². The van der Waals surface area contributed by atoms with Crippen LogP contribution in [0.2, 0.25) is 0 Å². The van der Waals surface area contributed by atoms with E-state index in [1.54, 1.807) is 12.1 Å². The van der Waals surface area contributed by atoms with Gasteiger partial charge in [0.15, 0.2) is 0 Å². The third kappa shape index (κ3) is 3.77. The number of hydrazine groups is 1. The summed E-state index contributed by atoms with van der Waals surface area (Å²) in [6.07, 6.45) is 1.48. The van der Waals surface area contributed by atoms with Crippen molar-refractivity contribution in [3.63, 3.8) is 0 Å². The van der Waals surface area contributed by atoms with Crippen molar-refractivity contribution in [2.75, 3.05) is 13.7 Å². The molecule has 0 bridgehead atoms. The van der Waals surface area contributed by atoms with Crippen molar-refractivity contribution in [3.8, 4) is 0 Å². The van der Waals surface area contributed by atoms with Crippen molar-refractivity contribution in [2.45, 2.75) is 19.5 Å². The Balaban J connectivity index is 2.65. The number of rotatable bonds is 5. The summed E-state index contributed by atoms with van der Waals surface area (Å²) in [7, 11) is 1.91. The summed E-state index contributed by atoms with van der Waals surface area (Å²) >= 11 is 0. The van der Waals surface area contributed by atoms with Crippen LogP contribution in [-0.2, 0) is 6.54 Å². The molecule has 0 saturated carbocycles. The zero-order chi connectivity index (χ0) is 12.8. The minimum atomic E-state index is -0.360. The molecule has 4 N–H and O–H groups in total. The van der Waals surface area contributed by atoms with E-state index in [2.05, 4.69) is 4.98 Å². The molecular formula is C11H18N4O2. The van der Waals surface area contributed by atoms with Gasteiger partial charge in [-0.1, -0.05) is 0 Å². The first-order chi connectivity index (χ1) is 8.08. The maximum Gasteiger partial charge on any atom is 0.266 e. The largest absolute Gasteiger partial charge is 0.395 e. The standard InChI is InChI=1S/C11H18N4O2/c1-8(7-16)15(2)6-10-4-3-9(5-13-10)11(17)14-12/h3-5,8,16H,6-7,12H2,1-2H3,(H,14,17). The predicted molar refractivity (Wildman–Crippen MR) is 63.9 cm³/mol. The van der Waals surface area contributed by atoms with Crippen LogP contribution in [0, 0.1) is 0 Å². The molecule has 0 radical (unpaired) electrons. The van der Waals surface area contributed by atoms with Gasteiger partial charge < -0.3 is 5.11 Å². The third-order valence-electron chi connectivity index (χ3n) is 2.65. The maximum absolute atomic E-state index is 11.2. The number of nitrogens with two attached hydrogens (primary N) is 1. The molecule has 0 saturated heterocycles. The zero-order valence-electron chi connectivity index (χ0n) is 10.1. The summed E-state index contributed by atoms with van der Waals surface area (Å²) in [4.78, 5) is 17.3. The number of nitrogens with zero attached hydrogens (tertiary/aromatic N) is 2. The van der Waals surface area contributed by atoms with Gasteiger partial charge in [-0.25, -0.2) is 5.84 Å². The van der Waals surface area contributed by atoms with Gasteiger partial charge in [-0.15, -0.1) is 0 Å². The molecule has 6 heteroatoms. The summed E-state index contributed by atoms with van der Waals surface area (Å²) < 4.78 is 0. The second-order valence-corrected chi connectivity index (χ2v) is 3.96. The van der Waals surface area contributed by atoms with Gasteiger partial charge in [0.05, 0.1) is 17.9 Å². The van der Waals surface area contributed by atoms with Crippen molar-refractivity contribution in [1.82, 2.24) is 15.3 Å². The number of aliphatic hydroxyl groups excluding tert-OH is 1. The van der Waals surface area contributed by atoms with Crippen molar-refractivity contribution in [3.05, 3.63) is 29.6 Å². The number of aliphatic hydroxyl groups is 1. The molecule has 94 valence electrons. The lowest BCUT2D eigenvalue weighted by atomic mass is 10.2. The highest BCUT2D eigenvalue weighted by molar-refractivity contribution is 5.93. The lowest BCUT2D eigenvalue weighted by Crippen LogP contribution is -2.32. The Kier molecular flexibility index (Phi) is 5.02. The molecule has 0 spiro atoms. The van der Waals surface area contributed by atoms with Gasteiger partial charge in [-0.3, -0.25) is 20.1 Å². The molecule has 0 aliphatic rings. The van der Waals surface area contributed by atoms with Crippen LogP contribution in [0.5, 0.6) is 0 Å². The number of amides is 1. The van der Waals surface area contributed by atoms with E-state index in [0.717, 1.165) is 5.69 Å². The number of nitrogen functional groups attached to an aromatic ring is 1. The topological polar surface area (TPSA) is 91.5 Å². The molecule has 1 rings (SSSR count). The van der Waals surface area contributed by atoms with E-state index in [1.807, 2.05) is 24.3 Å². The molecule has 1 atom stereocenters. The first kappa shape index (κ1) is 13.6. The number of likely N-dealkylation sites (N-methyl/N-ethyl adjacent to an activating group) is 1. The number of aromatic nitrogens is 1. The number of carbonyl (C=O) groups excluding carboxylic acids is 1. The minimum Gasteiger partial charge on any atom is -0.395 e. The molecule has 1 aromatic heterocycles. The summed E-state index contributed by atoms with van der Waals surface area (Å²) in [6.45, 7) is 2.65. The Morgan fingerprint density at radius 2 is 2.35 bits per heavy atom. The Labute approximate surface area is 100 Å². The highest BCUT2D eigenvalue weighted by Crippen LogP contribution is 2.05. The fourth-order valence-corrected chi connectivity index (χ4v) is 1.29. The Bertz CT molecular complexity index is 366. The number of carbonyl (C=O) groups is 1. The highest BCUT2D eigenvalue weighted by Gasteiger charge is 2.09. The van der Waals surface area contributed by atoms with Crippen molar-refractivity contribution < 1.29 is 9.90 Å². The van der Waals surface area contributed by atoms with Crippen LogP contribution >= 0.6 is 0 Å². The van der Waals surface area contributed by atoms with Crippen LogP contribution in [0.1, 0.15) is 23.0 Å². The van der Waals surface area contributed by atoms with Gasteiger partial charge in [0.2, 0.25) is 0 Å². The molecule has 0 fully saturated rings. The van der Waals surface area contributed by atoms with Gasteiger partial charge in [0.1, 0.15) is 0 Å². The minimum absolute atomic E-state index is 0.0730. The zero-order valence-corrected chi connectivity index (χ0v) is 10.1. The molecule has 1 unspecified atom stereocenters. The van der Waals surface area contributed by atoms with Crippen LogP contribution in [-0.4, -0.2) is 40.6 Å². The van der Waals surface area contributed by atoms with Crippen LogP contribution in [0.15, 0.2) is 18.3 Å². The predicted octanol–water partition coefficient (Wildman–Crippen LogP) is -0.502. The van der Waals surface area contributed by atoms with Crippen molar-refractivity contribution >= 4 is 5.91 Å². The second-order valence-electron chi connectivity index (χ2n) is 3.96. The van der Waals surface area contributed by atoms with E-state index in [1.165, 1.54) is 6.20 Å². The number of pyridine rings is 1. The quantitative estimate of drug-likeness (QED) is 0.365. The summed E-state index contributed by atoms with van der Waals surface area (Å²) in [5.74, 6) is 4.66. The second kappa shape index (κ2) is 6.29. The van der Waals surface area contributed by atoms with Crippen molar-refractivity contribution in [1.29, 1.82) is 0 Å². The third-order valence-corrected chi connectivity index (χ3v) is 2.65. The number of hydrogen-bond acceptors (Lipinski definition) is 5. The Morgan fingerprint density at radius 3 is 2.82 bits per heavy atom. The molecule has 1 aromatic rings. The smallest absolute Gasteiger partial charge is 0.266 e. The van der Waals surface area contributed by atoms with Gasteiger partial charge >= 0.3 is 0 Å². The molecule has 0 aromatic carbocycles. The Morgan fingerprint density at radius 1 is 1.65 bits per heavy atom. The first-order valence-corrected chi connectivity index (χ1v) is 5.35. The van der Waals surface area contributed by atoms with E-state index in [9.17, 15) is 4.79 Å². The highest BCUT2D eigenvalue weighted by atomic mass is 16.3. The lowest BCUT2D eigenvalue weighted by molar-refractivity contribution is 0.0953. The SMILES string of the molecule is CC(CO)N(C)Cc1ccc(C(=O)NN)cn1. The molecule has 17 heavy (non-hydrogen) atoms. The summed E-state index contributed by atoms with van der Waals surface area (Å²) in [5.41, 5.74) is 3.31. The average Bonchev–Trinajstić information content (AvgIpc) is 2.37. The number of nitrogens with one attached hydrogen (secondary N) is 1. The first-order valence-electron chi connectivity index (χ1n) is 5.35. The van der Waals surface area contributed by atoms with Crippen molar-refractivity contribution in [2.24, 2.45) is 5.84 Å². The van der Waals surface area contributed by atoms with E-state index >= 15 is 0 Å². The van der Waals surface area contributed by atoms with E-state index in [0.29, 0.717) is 12.1 Å². The average molecular weight is 238 g/mol. The van der Waals surface area contributed by atoms with Gasteiger partial charge in [0, 0.05) is 18.8 Å². The number of hydrogen-bond donors (Lipinski definition) is 3. The molecule has 0 aliphatic heterocycles. The van der Waals surface area contributed by atoms with Gasteiger partial charge in [-0.05, 0) is 26.1 Å². The van der Waals surface area contributed by atoms with Gasteiger partial charge in [0.25, 0.3) is 5.91 Å². The molecule has 1 heterocycles. The van der Waals surface area contributed by atoms with E-state index in [4.69, 9.17) is 10.9 Å². The van der Waals surface area contributed by atoms with E-state index < -0.39 is 0 Å². The fourth-order valence-electron chi connectivity index (χ4n) is 1.29. The normalized spacial score (nSPS) is 12.5. The molecule has 1 amide bonds. The Hall–Kier alpha value is -1.50. The molecule has 0 aliphatic carbocycles. The van der Waals surface area contributed by atoms with E-state index in [-0.39, 0.29) is 18.6 Å².